The van der Waals surface area contributed by atoms with Crippen molar-refractivity contribution >= 4 is 16.7 Å². The average molecular weight is 356 g/mol. The Hall–Kier alpha value is -2.11. The van der Waals surface area contributed by atoms with Crippen LogP contribution in [0.15, 0.2) is 42.5 Å². The summed E-state index contributed by atoms with van der Waals surface area (Å²) in [4.78, 5) is 14.7. The van der Waals surface area contributed by atoms with E-state index in [1.54, 1.807) is 6.92 Å². The second kappa shape index (κ2) is 8.06. The molecule has 0 aromatic heterocycles. The van der Waals surface area contributed by atoms with Gasteiger partial charge in [-0.1, -0.05) is 30.3 Å². The lowest BCUT2D eigenvalue weighted by atomic mass is 9.88. The Kier molecular flexibility index (Phi) is 5.79. The van der Waals surface area contributed by atoms with Gasteiger partial charge in [-0.3, -0.25) is 4.79 Å². The second-order valence-corrected chi connectivity index (χ2v) is 7.22. The third-order valence-electron chi connectivity index (χ3n) is 5.37. The first-order chi connectivity index (χ1) is 12.5. The maximum atomic E-state index is 12.5. The molecule has 5 nitrogen and oxygen atoms in total. The van der Waals surface area contributed by atoms with E-state index < -0.39 is 6.10 Å². The number of carbonyl (C=O) groups is 1. The molecule has 1 heterocycles. The van der Waals surface area contributed by atoms with Gasteiger partial charge in [0, 0.05) is 25.3 Å². The van der Waals surface area contributed by atoms with Crippen molar-refractivity contribution in [2.75, 3.05) is 33.9 Å². The molecule has 26 heavy (non-hydrogen) atoms. The molecule has 1 aliphatic heterocycles. The number of fused-ring (bicyclic) bond motifs is 1. The number of rotatable bonds is 6. The third kappa shape index (κ3) is 4.17. The van der Waals surface area contributed by atoms with Gasteiger partial charge in [0.15, 0.2) is 6.10 Å². The molecule has 1 fully saturated rings. The van der Waals surface area contributed by atoms with E-state index in [9.17, 15) is 4.79 Å². The molecule has 0 aliphatic carbocycles. The van der Waals surface area contributed by atoms with E-state index in [2.05, 4.69) is 30.4 Å². The quantitative estimate of drug-likeness (QED) is 0.865. The van der Waals surface area contributed by atoms with Gasteiger partial charge in [0.1, 0.15) is 5.75 Å². The Morgan fingerprint density at radius 2 is 1.88 bits per heavy atom. The Morgan fingerprint density at radius 3 is 2.58 bits per heavy atom. The first-order valence-electron chi connectivity index (χ1n) is 9.18. The molecule has 2 aromatic carbocycles. The van der Waals surface area contributed by atoms with Crippen LogP contribution in [-0.4, -0.2) is 56.3 Å². The molecule has 5 heteroatoms. The van der Waals surface area contributed by atoms with Crippen molar-refractivity contribution in [2.45, 2.75) is 31.4 Å². The molecule has 1 aliphatic rings. The molecule has 0 saturated carbocycles. The highest BCUT2D eigenvalue weighted by Gasteiger charge is 2.35. The van der Waals surface area contributed by atoms with Crippen LogP contribution in [0.4, 0.5) is 0 Å². The highest BCUT2D eigenvalue weighted by molar-refractivity contribution is 5.84. The lowest BCUT2D eigenvalue weighted by Crippen LogP contribution is -2.56. The van der Waals surface area contributed by atoms with Gasteiger partial charge >= 0.3 is 0 Å². The first kappa shape index (κ1) is 18.7. The average Bonchev–Trinajstić information content (AvgIpc) is 2.66. The number of nitrogens with zero attached hydrogens (tertiary/aromatic N) is 1. The van der Waals surface area contributed by atoms with Crippen molar-refractivity contribution in [1.29, 1.82) is 0 Å². The van der Waals surface area contributed by atoms with Crippen LogP contribution in [0.1, 0.15) is 19.8 Å². The zero-order valence-electron chi connectivity index (χ0n) is 15.8. The van der Waals surface area contributed by atoms with E-state index in [1.807, 2.05) is 36.4 Å². The minimum absolute atomic E-state index is 0.0451. The summed E-state index contributed by atoms with van der Waals surface area (Å²) in [5.74, 6) is 0.616. The molecule has 1 saturated heterocycles. The molecule has 0 radical (unpaired) electrons. The van der Waals surface area contributed by atoms with Gasteiger partial charge < -0.3 is 19.7 Å². The summed E-state index contributed by atoms with van der Waals surface area (Å²) in [6, 6.07) is 14.0. The largest absolute Gasteiger partial charge is 0.481 e. The number of hydrogen-bond acceptors (Lipinski definition) is 4. The highest BCUT2D eigenvalue weighted by atomic mass is 16.5. The fourth-order valence-corrected chi connectivity index (χ4v) is 3.43. The van der Waals surface area contributed by atoms with E-state index >= 15 is 0 Å². The van der Waals surface area contributed by atoms with Crippen molar-refractivity contribution in [3.8, 4) is 5.75 Å². The fourth-order valence-electron chi connectivity index (χ4n) is 3.43. The van der Waals surface area contributed by atoms with Crippen molar-refractivity contribution in [2.24, 2.45) is 0 Å². The van der Waals surface area contributed by atoms with E-state index in [0.717, 1.165) is 36.8 Å². The maximum Gasteiger partial charge on any atom is 0.260 e. The van der Waals surface area contributed by atoms with Crippen molar-refractivity contribution < 1.29 is 14.3 Å². The lowest BCUT2D eigenvalue weighted by molar-refractivity contribution is -0.128. The molecule has 0 unspecified atom stereocenters. The zero-order chi connectivity index (χ0) is 18.6. The number of amides is 1. The standard InChI is InChI=1S/C21H28N2O3/c1-16(26-19-9-8-17-6-4-5-7-18(17)14-19)20(24)22-15-21(23(2)3)10-12-25-13-11-21/h4-9,14,16H,10-13,15H2,1-3H3,(H,22,24)/t16-/m0/s1. The molecule has 3 rings (SSSR count). The minimum Gasteiger partial charge on any atom is -0.481 e. The van der Waals surface area contributed by atoms with Gasteiger partial charge in [-0.15, -0.1) is 0 Å². The second-order valence-electron chi connectivity index (χ2n) is 7.22. The topological polar surface area (TPSA) is 50.8 Å². The Morgan fingerprint density at radius 1 is 1.19 bits per heavy atom. The van der Waals surface area contributed by atoms with E-state index in [4.69, 9.17) is 9.47 Å². The summed E-state index contributed by atoms with van der Waals surface area (Å²) in [5.41, 5.74) is -0.0451. The number of ether oxygens (including phenoxy) is 2. The normalized spacial score (nSPS) is 17.8. The number of benzene rings is 2. The number of likely N-dealkylation sites (N-methyl/N-ethyl adjacent to an activating group) is 1. The van der Waals surface area contributed by atoms with E-state index in [0.29, 0.717) is 12.3 Å². The highest BCUT2D eigenvalue weighted by Crippen LogP contribution is 2.25. The van der Waals surface area contributed by atoms with Crippen molar-refractivity contribution in [3.63, 3.8) is 0 Å². The number of nitrogens with one attached hydrogen (secondary N) is 1. The number of hydrogen-bond donors (Lipinski definition) is 1. The monoisotopic (exact) mass is 356 g/mol. The molecule has 140 valence electrons. The smallest absolute Gasteiger partial charge is 0.260 e. The van der Waals surface area contributed by atoms with E-state index in [1.165, 1.54) is 0 Å². The van der Waals surface area contributed by atoms with Crippen LogP contribution in [-0.2, 0) is 9.53 Å². The van der Waals surface area contributed by atoms with Gasteiger partial charge in [0.05, 0.1) is 0 Å². The molecule has 2 aromatic rings. The summed E-state index contributed by atoms with van der Waals surface area (Å²) in [6.45, 7) is 3.86. The predicted octanol–water partition coefficient (Wildman–Crippen LogP) is 2.83. The summed E-state index contributed by atoms with van der Waals surface area (Å²) in [7, 11) is 4.12. The first-order valence-corrected chi connectivity index (χ1v) is 9.18. The SMILES string of the molecule is C[C@H](Oc1ccc2ccccc2c1)C(=O)NCC1(N(C)C)CCOCC1. The third-order valence-corrected chi connectivity index (χ3v) is 5.37. The van der Waals surface area contributed by atoms with Gasteiger partial charge in [0.2, 0.25) is 0 Å². The fraction of sp³-hybridized carbons (Fsp3) is 0.476. The summed E-state index contributed by atoms with van der Waals surface area (Å²) in [6.07, 6.45) is 1.29. The summed E-state index contributed by atoms with van der Waals surface area (Å²) >= 11 is 0. The number of carbonyl (C=O) groups excluding carboxylic acids is 1. The van der Waals surface area contributed by atoms with Gasteiger partial charge in [-0.25, -0.2) is 0 Å². The van der Waals surface area contributed by atoms with Crippen molar-refractivity contribution in [1.82, 2.24) is 10.2 Å². The van der Waals surface area contributed by atoms with Crippen LogP contribution in [0, 0.1) is 0 Å². The Bertz CT molecular complexity index is 754. The van der Waals surface area contributed by atoms with Crippen LogP contribution in [0.25, 0.3) is 10.8 Å². The molecule has 1 atom stereocenters. The van der Waals surface area contributed by atoms with Crippen LogP contribution in [0.2, 0.25) is 0 Å². The molecular weight excluding hydrogens is 328 g/mol. The van der Waals surface area contributed by atoms with Gasteiger partial charge in [-0.2, -0.15) is 0 Å². The van der Waals surface area contributed by atoms with Crippen LogP contribution in [0.3, 0.4) is 0 Å². The maximum absolute atomic E-state index is 12.5. The Balaban J connectivity index is 1.60. The molecule has 0 bridgehead atoms. The summed E-state index contributed by atoms with van der Waals surface area (Å²) in [5, 5.41) is 5.33. The van der Waals surface area contributed by atoms with Gasteiger partial charge in [0.25, 0.3) is 5.91 Å². The van der Waals surface area contributed by atoms with E-state index in [-0.39, 0.29) is 11.4 Å². The molecule has 1 N–H and O–H groups in total. The van der Waals surface area contributed by atoms with Crippen molar-refractivity contribution in [3.05, 3.63) is 42.5 Å². The van der Waals surface area contributed by atoms with Gasteiger partial charge in [-0.05, 0) is 56.8 Å². The molecule has 1 amide bonds. The molecular formula is C21H28N2O3. The lowest BCUT2D eigenvalue weighted by Gasteiger charge is -2.43. The minimum atomic E-state index is -0.546. The predicted molar refractivity (Wildman–Crippen MR) is 104 cm³/mol. The van der Waals surface area contributed by atoms with Crippen LogP contribution >= 0.6 is 0 Å². The summed E-state index contributed by atoms with van der Waals surface area (Å²) < 4.78 is 11.3. The van der Waals surface area contributed by atoms with Crippen LogP contribution in [0.5, 0.6) is 5.75 Å². The van der Waals surface area contributed by atoms with Crippen LogP contribution < -0.4 is 10.1 Å². The zero-order valence-corrected chi connectivity index (χ0v) is 15.8. The molecule has 0 spiro atoms. The Labute approximate surface area is 155 Å².